The molecule has 0 spiro atoms. The lowest BCUT2D eigenvalue weighted by molar-refractivity contribution is -0.384. The number of hydrogen-bond acceptors (Lipinski definition) is 5. The Hall–Kier alpha value is -2.83. The molecule has 0 aromatic heterocycles. The van der Waals surface area contributed by atoms with Crippen molar-refractivity contribution in [2.75, 3.05) is 18.2 Å². The van der Waals surface area contributed by atoms with Gasteiger partial charge in [-0.1, -0.05) is 6.07 Å². The number of nitro groups is 1. The summed E-state index contributed by atoms with van der Waals surface area (Å²) in [5, 5.41) is 13.8. The average molecular weight is 277 g/mol. The van der Waals surface area contributed by atoms with Crippen LogP contribution in [0.25, 0.3) is 0 Å². The largest absolute Gasteiger partial charge is 0.494 e. The van der Waals surface area contributed by atoms with Gasteiger partial charge in [0.2, 0.25) is 0 Å². The second-order valence-electron chi connectivity index (χ2n) is 4.01. The molecule has 2 rings (SSSR count). The lowest BCUT2D eigenvalue weighted by Gasteiger charge is -2.10. The molecule has 0 saturated heterocycles. The zero-order valence-electron chi connectivity index (χ0n) is 10.6. The molecule has 0 fully saturated rings. The minimum absolute atomic E-state index is 0.0815. The third kappa shape index (κ3) is 2.77. The number of anilines is 3. The van der Waals surface area contributed by atoms with Gasteiger partial charge in [0.25, 0.3) is 5.69 Å². The lowest BCUT2D eigenvalue weighted by atomic mass is 10.2. The monoisotopic (exact) mass is 277 g/mol. The number of nitrogens with zero attached hydrogens (tertiary/aromatic N) is 1. The van der Waals surface area contributed by atoms with Gasteiger partial charge in [-0.25, -0.2) is 4.39 Å². The Balaban J connectivity index is 2.46. The van der Waals surface area contributed by atoms with Crippen molar-refractivity contribution in [1.29, 1.82) is 0 Å². The Morgan fingerprint density at radius 2 is 2.10 bits per heavy atom. The number of ether oxygens (including phenoxy) is 1. The number of nitrogen functional groups attached to an aromatic ring is 1. The molecule has 0 atom stereocenters. The maximum Gasteiger partial charge on any atom is 0.295 e. The first kappa shape index (κ1) is 13.6. The fraction of sp³-hybridized carbons (Fsp3) is 0.0769. The van der Waals surface area contributed by atoms with Crippen LogP contribution in [0.1, 0.15) is 0 Å². The number of nitrogens with one attached hydrogen (secondary N) is 1. The fourth-order valence-corrected chi connectivity index (χ4v) is 1.72. The summed E-state index contributed by atoms with van der Waals surface area (Å²) in [6.07, 6.45) is 0. The predicted molar refractivity (Wildman–Crippen MR) is 73.7 cm³/mol. The number of rotatable bonds is 4. The molecule has 0 saturated carbocycles. The highest BCUT2D eigenvalue weighted by Gasteiger charge is 2.19. The van der Waals surface area contributed by atoms with Crippen LogP contribution in [0.15, 0.2) is 36.4 Å². The van der Waals surface area contributed by atoms with E-state index in [1.807, 2.05) is 0 Å². The predicted octanol–water partition coefficient (Wildman–Crippen LogP) is 3.07. The Morgan fingerprint density at radius 3 is 2.70 bits per heavy atom. The molecular weight excluding hydrogens is 265 g/mol. The lowest BCUT2D eigenvalue weighted by Crippen LogP contribution is -2.00. The number of halogens is 1. The van der Waals surface area contributed by atoms with Crippen molar-refractivity contribution < 1.29 is 14.1 Å². The number of benzene rings is 2. The molecule has 0 aliphatic carbocycles. The molecule has 7 heteroatoms. The van der Waals surface area contributed by atoms with Crippen LogP contribution >= 0.6 is 0 Å². The van der Waals surface area contributed by atoms with Crippen molar-refractivity contribution >= 4 is 22.7 Å². The Bertz CT molecular complexity index is 661. The van der Waals surface area contributed by atoms with Crippen LogP contribution in [0.2, 0.25) is 0 Å². The van der Waals surface area contributed by atoms with Crippen LogP contribution in [-0.4, -0.2) is 12.0 Å². The van der Waals surface area contributed by atoms with E-state index in [9.17, 15) is 14.5 Å². The van der Waals surface area contributed by atoms with E-state index in [1.165, 1.54) is 13.2 Å². The highest BCUT2D eigenvalue weighted by molar-refractivity contribution is 5.72. The normalized spacial score (nSPS) is 10.1. The standard InChI is InChI=1S/C13H12FN3O3/c1-20-13-7-11(12(17(18)19)6-10(13)14)16-9-4-2-3-8(15)5-9/h2-7,16H,15H2,1H3. The minimum Gasteiger partial charge on any atom is -0.494 e. The summed E-state index contributed by atoms with van der Waals surface area (Å²) in [6, 6.07) is 8.73. The first-order valence-corrected chi connectivity index (χ1v) is 5.65. The van der Waals surface area contributed by atoms with Gasteiger partial charge in [0, 0.05) is 17.4 Å². The van der Waals surface area contributed by atoms with Crippen LogP contribution in [0, 0.1) is 15.9 Å². The Labute approximate surface area is 114 Å². The quantitative estimate of drug-likeness (QED) is 0.509. The van der Waals surface area contributed by atoms with E-state index >= 15 is 0 Å². The zero-order chi connectivity index (χ0) is 14.7. The van der Waals surface area contributed by atoms with E-state index in [0.29, 0.717) is 11.4 Å². The number of nitro benzene ring substituents is 1. The molecule has 0 heterocycles. The maximum atomic E-state index is 13.5. The number of hydrogen-bond donors (Lipinski definition) is 2. The minimum atomic E-state index is -0.794. The highest BCUT2D eigenvalue weighted by atomic mass is 19.1. The van der Waals surface area contributed by atoms with Crippen molar-refractivity contribution in [3.63, 3.8) is 0 Å². The van der Waals surface area contributed by atoms with E-state index in [1.54, 1.807) is 24.3 Å². The molecule has 0 unspecified atom stereocenters. The zero-order valence-corrected chi connectivity index (χ0v) is 10.6. The van der Waals surface area contributed by atoms with E-state index in [-0.39, 0.29) is 17.1 Å². The van der Waals surface area contributed by atoms with Gasteiger partial charge in [0.05, 0.1) is 18.1 Å². The van der Waals surface area contributed by atoms with Crippen LogP contribution in [-0.2, 0) is 0 Å². The van der Waals surface area contributed by atoms with Crippen molar-refractivity contribution in [2.45, 2.75) is 0 Å². The molecule has 104 valence electrons. The summed E-state index contributed by atoms with van der Waals surface area (Å²) >= 11 is 0. The van der Waals surface area contributed by atoms with Crippen molar-refractivity contribution in [1.82, 2.24) is 0 Å². The molecule has 0 amide bonds. The molecule has 0 aliphatic heterocycles. The van der Waals surface area contributed by atoms with Gasteiger partial charge in [-0.15, -0.1) is 0 Å². The first-order valence-electron chi connectivity index (χ1n) is 5.65. The number of methoxy groups -OCH3 is 1. The third-order valence-electron chi connectivity index (χ3n) is 2.63. The summed E-state index contributed by atoms with van der Waals surface area (Å²) in [5.74, 6) is -0.876. The summed E-state index contributed by atoms with van der Waals surface area (Å²) in [6.45, 7) is 0. The van der Waals surface area contributed by atoms with Gasteiger partial charge in [0.1, 0.15) is 5.69 Å². The fourth-order valence-electron chi connectivity index (χ4n) is 1.72. The van der Waals surface area contributed by atoms with Crippen molar-refractivity contribution in [3.05, 3.63) is 52.3 Å². The van der Waals surface area contributed by atoms with Crippen LogP contribution in [0.4, 0.5) is 27.1 Å². The van der Waals surface area contributed by atoms with Crippen LogP contribution < -0.4 is 15.8 Å². The Morgan fingerprint density at radius 1 is 1.35 bits per heavy atom. The SMILES string of the molecule is COc1cc(Nc2cccc(N)c2)c([N+](=O)[O-])cc1F. The topological polar surface area (TPSA) is 90.4 Å². The molecule has 20 heavy (non-hydrogen) atoms. The van der Waals surface area contributed by atoms with Gasteiger partial charge in [-0.05, 0) is 18.2 Å². The molecule has 6 nitrogen and oxygen atoms in total. The van der Waals surface area contributed by atoms with Gasteiger partial charge >= 0.3 is 0 Å². The van der Waals surface area contributed by atoms with Gasteiger partial charge in [-0.3, -0.25) is 10.1 Å². The van der Waals surface area contributed by atoms with E-state index in [0.717, 1.165) is 6.07 Å². The summed E-state index contributed by atoms with van der Waals surface area (Å²) < 4.78 is 18.3. The summed E-state index contributed by atoms with van der Waals surface area (Å²) in [7, 11) is 1.29. The second kappa shape index (κ2) is 5.43. The summed E-state index contributed by atoms with van der Waals surface area (Å²) in [5.41, 5.74) is 6.44. The summed E-state index contributed by atoms with van der Waals surface area (Å²) in [4.78, 5) is 10.3. The maximum absolute atomic E-state index is 13.5. The van der Waals surface area contributed by atoms with Crippen molar-refractivity contribution in [3.8, 4) is 5.75 Å². The first-order chi connectivity index (χ1) is 9.51. The van der Waals surface area contributed by atoms with E-state index in [4.69, 9.17) is 10.5 Å². The van der Waals surface area contributed by atoms with Gasteiger partial charge < -0.3 is 15.8 Å². The third-order valence-corrected chi connectivity index (χ3v) is 2.63. The van der Waals surface area contributed by atoms with Crippen LogP contribution in [0.5, 0.6) is 5.75 Å². The van der Waals surface area contributed by atoms with Crippen LogP contribution in [0.3, 0.4) is 0 Å². The number of nitrogens with two attached hydrogens (primary N) is 1. The smallest absolute Gasteiger partial charge is 0.295 e. The van der Waals surface area contributed by atoms with Crippen molar-refractivity contribution in [2.24, 2.45) is 0 Å². The second-order valence-corrected chi connectivity index (χ2v) is 4.01. The molecule has 2 aromatic carbocycles. The molecule has 3 N–H and O–H groups in total. The van der Waals surface area contributed by atoms with E-state index in [2.05, 4.69) is 5.32 Å². The molecule has 0 bridgehead atoms. The van der Waals surface area contributed by atoms with Gasteiger partial charge in [0.15, 0.2) is 11.6 Å². The Kier molecular flexibility index (Phi) is 3.69. The average Bonchev–Trinajstić information content (AvgIpc) is 2.40. The molecule has 0 radical (unpaired) electrons. The molecule has 0 aliphatic rings. The molecular formula is C13H12FN3O3. The highest BCUT2D eigenvalue weighted by Crippen LogP contribution is 2.33. The van der Waals surface area contributed by atoms with E-state index < -0.39 is 10.7 Å². The van der Waals surface area contributed by atoms with Gasteiger partial charge in [-0.2, -0.15) is 0 Å². The molecule has 2 aromatic rings.